The summed E-state index contributed by atoms with van der Waals surface area (Å²) >= 11 is 1.69. The van der Waals surface area contributed by atoms with E-state index >= 15 is 0 Å². The second-order valence-electron chi connectivity index (χ2n) is 7.43. The standard InChI is InChI=1S/C21H27N7O2S/c1-3-26(4-2)21(29)27-11-9-16(10-12-27)20-23-17(14-31-20)13-30-19-7-5-18(6-8-19)28-15-22-24-25-28/h5-8,14-16H,3-4,9-13H2,1-2H3. The van der Waals surface area contributed by atoms with Gasteiger partial charge in [-0.15, -0.1) is 16.4 Å². The van der Waals surface area contributed by atoms with Gasteiger partial charge in [0.05, 0.1) is 16.4 Å². The Kier molecular flexibility index (Phi) is 6.76. The molecule has 0 bridgehead atoms. The first kappa shape index (κ1) is 21.2. The second-order valence-corrected chi connectivity index (χ2v) is 8.32. The number of hydrogen-bond acceptors (Lipinski definition) is 7. The molecule has 1 aliphatic heterocycles. The van der Waals surface area contributed by atoms with Gasteiger partial charge >= 0.3 is 6.03 Å². The maximum absolute atomic E-state index is 12.5. The lowest BCUT2D eigenvalue weighted by Crippen LogP contribution is -2.46. The normalized spacial score (nSPS) is 14.6. The van der Waals surface area contributed by atoms with E-state index in [2.05, 4.69) is 20.9 Å². The van der Waals surface area contributed by atoms with Gasteiger partial charge in [-0.05, 0) is 61.4 Å². The molecule has 0 unspecified atom stereocenters. The minimum absolute atomic E-state index is 0.155. The highest BCUT2D eigenvalue weighted by Gasteiger charge is 2.27. The van der Waals surface area contributed by atoms with E-state index in [0.29, 0.717) is 12.5 Å². The molecule has 1 aromatic carbocycles. The lowest BCUT2D eigenvalue weighted by molar-refractivity contribution is 0.144. The number of ether oxygens (including phenoxy) is 1. The molecule has 31 heavy (non-hydrogen) atoms. The number of nitrogens with zero attached hydrogens (tertiary/aromatic N) is 7. The Hall–Kier alpha value is -3.01. The number of hydrogen-bond donors (Lipinski definition) is 0. The summed E-state index contributed by atoms with van der Waals surface area (Å²) in [5.74, 6) is 1.18. The average Bonchev–Trinajstić information content (AvgIpc) is 3.51. The maximum atomic E-state index is 12.5. The van der Waals surface area contributed by atoms with Crippen molar-refractivity contribution in [2.45, 2.75) is 39.2 Å². The van der Waals surface area contributed by atoms with Crippen LogP contribution in [0.3, 0.4) is 0 Å². The number of piperidine rings is 1. The summed E-state index contributed by atoms with van der Waals surface area (Å²) in [6.45, 7) is 7.57. The van der Waals surface area contributed by atoms with Gasteiger partial charge in [-0.2, -0.15) is 0 Å². The predicted molar refractivity (Wildman–Crippen MR) is 117 cm³/mol. The molecule has 4 rings (SSSR count). The molecule has 3 heterocycles. The Labute approximate surface area is 185 Å². The topological polar surface area (TPSA) is 89.3 Å². The number of likely N-dealkylation sites (tertiary alicyclic amines) is 1. The Morgan fingerprint density at radius 1 is 1.19 bits per heavy atom. The van der Waals surface area contributed by atoms with Crippen molar-refractivity contribution in [1.29, 1.82) is 0 Å². The molecule has 0 radical (unpaired) electrons. The third kappa shape index (κ3) is 5.01. The zero-order valence-electron chi connectivity index (χ0n) is 17.8. The predicted octanol–water partition coefficient (Wildman–Crippen LogP) is 3.34. The van der Waals surface area contributed by atoms with Crippen LogP contribution in [0.4, 0.5) is 4.79 Å². The molecule has 1 fully saturated rings. The Morgan fingerprint density at radius 3 is 2.58 bits per heavy atom. The van der Waals surface area contributed by atoms with Crippen molar-refractivity contribution in [2.24, 2.45) is 0 Å². The van der Waals surface area contributed by atoms with Crippen LogP contribution in [0.5, 0.6) is 5.75 Å². The van der Waals surface area contributed by atoms with Crippen molar-refractivity contribution in [3.05, 3.63) is 46.7 Å². The van der Waals surface area contributed by atoms with Gasteiger partial charge < -0.3 is 14.5 Å². The van der Waals surface area contributed by atoms with E-state index in [4.69, 9.17) is 9.72 Å². The van der Waals surface area contributed by atoms with Crippen LogP contribution in [0, 0.1) is 0 Å². The SMILES string of the molecule is CCN(CC)C(=O)N1CCC(c2nc(COc3ccc(-n4cnnn4)cc3)cs2)CC1. The number of benzene rings is 1. The fourth-order valence-corrected chi connectivity index (χ4v) is 4.70. The summed E-state index contributed by atoms with van der Waals surface area (Å²) in [5.41, 5.74) is 1.81. The first-order chi connectivity index (χ1) is 15.2. The van der Waals surface area contributed by atoms with E-state index in [9.17, 15) is 4.79 Å². The van der Waals surface area contributed by atoms with Crippen molar-refractivity contribution >= 4 is 17.4 Å². The molecule has 2 amide bonds. The van der Waals surface area contributed by atoms with Crippen LogP contribution < -0.4 is 4.74 Å². The fraction of sp³-hybridized carbons (Fsp3) is 0.476. The Morgan fingerprint density at radius 2 is 1.94 bits per heavy atom. The van der Waals surface area contributed by atoms with Crippen molar-refractivity contribution < 1.29 is 9.53 Å². The van der Waals surface area contributed by atoms with Crippen LogP contribution in [-0.4, -0.2) is 67.2 Å². The molecule has 0 atom stereocenters. The zero-order valence-corrected chi connectivity index (χ0v) is 18.7. The third-order valence-electron chi connectivity index (χ3n) is 5.56. The van der Waals surface area contributed by atoms with Gasteiger partial charge in [-0.3, -0.25) is 0 Å². The van der Waals surface area contributed by atoms with Crippen LogP contribution in [0.15, 0.2) is 36.0 Å². The molecule has 10 heteroatoms. The highest BCUT2D eigenvalue weighted by atomic mass is 32.1. The first-order valence-corrected chi connectivity index (χ1v) is 11.5. The lowest BCUT2D eigenvalue weighted by atomic mass is 9.98. The summed E-state index contributed by atoms with van der Waals surface area (Å²) in [4.78, 5) is 21.2. The average molecular weight is 442 g/mol. The molecule has 3 aromatic rings. The van der Waals surface area contributed by atoms with Gasteiger partial charge in [0.2, 0.25) is 0 Å². The van der Waals surface area contributed by atoms with Gasteiger partial charge in [0, 0.05) is 37.5 Å². The van der Waals surface area contributed by atoms with E-state index in [1.807, 2.05) is 47.9 Å². The number of urea groups is 1. The van der Waals surface area contributed by atoms with Gasteiger partial charge in [0.15, 0.2) is 0 Å². The summed E-state index contributed by atoms with van der Waals surface area (Å²) in [5, 5.41) is 14.4. The van der Waals surface area contributed by atoms with Crippen molar-refractivity contribution in [1.82, 2.24) is 35.0 Å². The van der Waals surface area contributed by atoms with E-state index in [-0.39, 0.29) is 6.03 Å². The monoisotopic (exact) mass is 441 g/mol. The van der Waals surface area contributed by atoms with Crippen LogP contribution in [0.25, 0.3) is 5.69 Å². The second kappa shape index (κ2) is 9.86. The van der Waals surface area contributed by atoms with Crippen molar-refractivity contribution in [2.75, 3.05) is 26.2 Å². The molecule has 0 aliphatic carbocycles. The molecule has 164 valence electrons. The molecular weight excluding hydrogens is 414 g/mol. The highest BCUT2D eigenvalue weighted by molar-refractivity contribution is 7.09. The van der Waals surface area contributed by atoms with Gasteiger partial charge in [0.1, 0.15) is 18.7 Å². The minimum atomic E-state index is 0.155. The Balaban J connectivity index is 1.28. The maximum Gasteiger partial charge on any atom is 0.319 e. The zero-order chi connectivity index (χ0) is 21.6. The van der Waals surface area contributed by atoms with E-state index < -0.39 is 0 Å². The van der Waals surface area contributed by atoms with Crippen molar-refractivity contribution in [3.63, 3.8) is 0 Å². The van der Waals surface area contributed by atoms with Crippen LogP contribution in [0.2, 0.25) is 0 Å². The molecule has 1 saturated heterocycles. The fourth-order valence-electron chi connectivity index (χ4n) is 3.72. The Bertz CT molecular complexity index is 962. The molecule has 0 saturated carbocycles. The van der Waals surface area contributed by atoms with E-state index in [0.717, 1.165) is 61.2 Å². The number of tetrazole rings is 1. The number of carbonyl (C=O) groups is 1. The molecule has 1 aliphatic rings. The number of aromatic nitrogens is 5. The van der Waals surface area contributed by atoms with E-state index in [1.54, 1.807) is 22.3 Å². The quantitative estimate of drug-likeness (QED) is 0.559. The summed E-state index contributed by atoms with van der Waals surface area (Å²) in [6.07, 6.45) is 3.47. The summed E-state index contributed by atoms with van der Waals surface area (Å²) < 4.78 is 7.48. The van der Waals surface area contributed by atoms with Gasteiger partial charge in [-0.25, -0.2) is 14.5 Å². The number of rotatable bonds is 7. The van der Waals surface area contributed by atoms with Crippen molar-refractivity contribution in [3.8, 4) is 11.4 Å². The largest absolute Gasteiger partial charge is 0.487 e. The first-order valence-electron chi connectivity index (χ1n) is 10.6. The van der Waals surface area contributed by atoms with Crippen LogP contribution in [0.1, 0.15) is 43.3 Å². The summed E-state index contributed by atoms with van der Waals surface area (Å²) in [7, 11) is 0. The molecular formula is C21H27N7O2S. The molecule has 0 spiro atoms. The smallest absolute Gasteiger partial charge is 0.319 e. The molecule has 0 N–H and O–H groups in total. The number of amides is 2. The number of carbonyl (C=O) groups excluding carboxylic acids is 1. The molecule has 2 aromatic heterocycles. The third-order valence-corrected chi connectivity index (χ3v) is 6.61. The summed E-state index contributed by atoms with van der Waals surface area (Å²) in [6, 6.07) is 7.76. The number of thiazole rings is 1. The van der Waals surface area contributed by atoms with Gasteiger partial charge in [0.25, 0.3) is 0 Å². The molecule has 9 nitrogen and oxygen atoms in total. The van der Waals surface area contributed by atoms with E-state index in [1.165, 1.54) is 0 Å². The lowest BCUT2D eigenvalue weighted by Gasteiger charge is -2.34. The van der Waals surface area contributed by atoms with Crippen LogP contribution >= 0.6 is 11.3 Å². The van der Waals surface area contributed by atoms with Gasteiger partial charge in [-0.1, -0.05) is 0 Å². The minimum Gasteiger partial charge on any atom is -0.487 e. The van der Waals surface area contributed by atoms with Crippen LogP contribution in [-0.2, 0) is 6.61 Å². The highest BCUT2D eigenvalue weighted by Crippen LogP contribution is 2.31.